The van der Waals surface area contributed by atoms with Gasteiger partial charge in [-0.25, -0.2) is 4.79 Å². The van der Waals surface area contributed by atoms with Gasteiger partial charge < -0.3 is 19.5 Å². The molecular formula is C28H38N2O5. The molecule has 190 valence electrons. The van der Waals surface area contributed by atoms with Crippen LogP contribution < -0.4 is 14.8 Å². The molecule has 1 unspecified atom stereocenters. The number of carbonyl (C=O) groups excluding carboxylic acids is 2. The highest BCUT2D eigenvalue weighted by molar-refractivity contribution is 5.85. The summed E-state index contributed by atoms with van der Waals surface area (Å²) in [7, 11) is 3.01. The minimum atomic E-state index is -0.583. The van der Waals surface area contributed by atoms with Crippen LogP contribution in [-0.2, 0) is 27.5 Å². The Morgan fingerprint density at radius 1 is 1.00 bits per heavy atom. The monoisotopic (exact) mass is 482 g/mol. The molecule has 1 N–H and O–H groups in total. The number of esters is 1. The molecule has 1 atom stereocenters. The van der Waals surface area contributed by atoms with Crippen molar-refractivity contribution < 1.29 is 23.8 Å². The van der Waals surface area contributed by atoms with Crippen LogP contribution >= 0.6 is 0 Å². The van der Waals surface area contributed by atoms with Gasteiger partial charge in [0.15, 0.2) is 11.5 Å². The van der Waals surface area contributed by atoms with E-state index >= 15 is 0 Å². The van der Waals surface area contributed by atoms with Crippen molar-refractivity contribution in [2.45, 2.75) is 52.3 Å². The minimum Gasteiger partial charge on any atom is -0.493 e. The van der Waals surface area contributed by atoms with Crippen LogP contribution in [0, 0.1) is 11.8 Å². The number of ether oxygens (including phenoxy) is 3. The molecule has 1 aliphatic rings. The Labute approximate surface area is 208 Å². The molecule has 2 aromatic carbocycles. The Morgan fingerprint density at radius 3 is 2.34 bits per heavy atom. The fourth-order valence-corrected chi connectivity index (χ4v) is 4.39. The van der Waals surface area contributed by atoms with Crippen LogP contribution in [0.4, 0.5) is 0 Å². The molecular weight excluding hydrogens is 444 g/mol. The Balaban J connectivity index is 1.50. The number of methoxy groups -OCH3 is 2. The van der Waals surface area contributed by atoms with Gasteiger partial charge in [-0.15, -0.1) is 0 Å². The molecule has 7 nitrogen and oxygen atoms in total. The lowest BCUT2D eigenvalue weighted by Gasteiger charge is -2.32. The highest BCUT2D eigenvalue weighted by Crippen LogP contribution is 2.30. The van der Waals surface area contributed by atoms with Crippen LogP contribution in [-0.4, -0.2) is 50.1 Å². The number of piperidine rings is 1. The smallest absolute Gasteiger partial charge is 0.328 e. The zero-order chi connectivity index (χ0) is 25.2. The molecule has 0 radical (unpaired) electrons. The normalized spacial score (nSPS) is 15.5. The number of likely N-dealkylation sites (tertiary alicyclic amines) is 1. The molecule has 2 aromatic rings. The number of hydrogen-bond donors (Lipinski definition) is 1. The van der Waals surface area contributed by atoms with Gasteiger partial charge in [-0.3, -0.25) is 9.69 Å². The van der Waals surface area contributed by atoms with E-state index in [1.54, 1.807) is 7.11 Å². The fourth-order valence-electron chi connectivity index (χ4n) is 4.39. The van der Waals surface area contributed by atoms with E-state index in [2.05, 4.69) is 16.3 Å². The van der Waals surface area contributed by atoms with Crippen LogP contribution in [0.15, 0.2) is 48.5 Å². The predicted octanol–water partition coefficient (Wildman–Crippen LogP) is 4.19. The third-order valence-electron chi connectivity index (χ3n) is 6.34. The maximum atomic E-state index is 12.8. The molecule has 1 amide bonds. The van der Waals surface area contributed by atoms with Gasteiger partial charge in [0.25, 0.3) is 0 Å². The molecule has 1 fully saturated rings. The number of rotatable bonds is 11. The van der Waals surface area contributed by atoms with Crippen molar-refractivity contribution in [1.82, 2.24) is 10.2 Å². The van der Waals surface area contributed by atoms with Gasteiger partial charge in [0.05, 0.1) is 14.2 Å². The van der Waals surface area contributed by atoms with E-state index in [4.69, 9.17) is 14.2 Å². The van der Waals surface area contributed by atoms with Gasteiger partial charge in [-0.2, -0.15) is 0 Å². The SMILES string of the molecule is COC(=O)C(CC(C)C)NC(=O)C1CCN(Cc2ccc(OCc3ccccc3)c(OC)c2)CC1. The van der Waals surface area contributed by atoms with Crippen molar-refractivity contribution in [3.8, 4) is 11.5 Å². The van der Waals surface area contributed by atoms with Gasteiger partial charge in [0.2, 0.25) is 5.91 Å². The number of nitrogens with zero attached hydrogens (tertiary/aromatic N) is 1. The van der Waals surface area contributed by atoms with Gasteiger partial charge in [-0.1, -0.05) is 50.2 Å². The van der Waals surface area contributed by atoms with Crippen LogP contribution in [0.2, 0.25) is 0 Å². The van der Waals surface area contributed by atoms with E-state index in [0.29, 0.717) is 18.8 Å². The van der Waals surface area contributed by atoms with Gasteiger partial charge in [0.1, 0.15) is 12.6 Å². The van der Waals surface area contributed by atoms with E-state index in [1.165, 1.54) is 7.11 Å². The van der Waals surface area contributed by atoms with Gasteiger partial charge in [-0.05, 0) is 61.5 Å². The average molecular weight is 483 g/mol. The summed E-state index contributed by atoms with van der Waals surface area (Å²) in [6.07, 6.45) is 2.10. The van der Waals surface area contributed by atoms with E-state index in [1.807, 2.05) is 56.3 Å². The number of carbonyl (C=O) groups is 2. The quantitative estimate of drug-likeness (QED) is 0.484. The summed E-state index contributed by atoms with van der Waals surface area (Å²) in [5.41, 5.74) is 2.24. The summed E-state index contributed by atoms with van der Waals surface area (Å²) in [6.45, 7) is 6.95. The molecule has 1 heterocycles. The lowest BCUT2D eigenvalue weighted by molar-refractivity contribution is -0.146. The first-order chi connectivity index (χ1) is 16.9. The summed E-state index contributed by atoms with van der Waals surface area (Å²) in [5.74, 6) is 1.20. The molecule has 1 saturated heterocycles. The average Bonchev–Trinajstić information content (AvgIpc) is 2.87. The Kier molecular flexibility index (Phi) is 9.97. The topological polar surface area (TPSA) is 77.1 Å². The maximum Gasteiger partial charge on any atom is 0.328 e. The standard InChI is InChI=1S/C28H38N2O5/c1-20(2)16-24(28(32)34-4)29-27(31)23-12-14-30(15-13-23)18-22-10-11-25(26(17-22)33-3)35-19-21-8-6-5-7-9-21/h5-11,17,20,23-24H,12-16,18-19H2,1-4H3,(H,29,31). The molecule has 1 aliphatic heterocycles. The molecule has 3 rings (SSSR count). The fraction of sp³-hybridized carbons (Fsp3) is 0.500. The number of nitrogens with one attached hydrogen (secondary N) is 1. The van der Waals surface area contributed by atoms with Crippen LogP contribution in [0.5, 0.6) is 11.5 Å². The van der Waals surface area contributed by atoms with Gasteiger partial charge >= 0.3 is 5.97 Å². The first kappa shape index (κ1) is 26.5. The third-order valence-corrected chi connectivity index (χ3v) is 6.34. The van der Waals surface area contributed by atoms with Gasteiger partial charge in [0, 0.05) is 12.5 Å². The highest BCUT2D eigenvalue weighted by Gasteiger charge is 2.29. The minimum absolute atomic E-state index is 0.0534. The molecule has 7 heteroatoms. The summed E-state index contributed by atoms with van der Waals surface area (Å²) in [6, 6.07) is 15.5. The van der Waals surface area contributed by atoms with Crippen LogP contribution in [0.3, 0.4) is 0 Å². The lowest BCUT2D eigenvalue weighted by Crippen LogP contribution is -2.47. The van der Waals surface area contributed by atoms with Crippen molar-refractivity contribution in [2.75, 3.05) is 27.3 Å². The molecule has 0 aromatic heterocycles. The van der Waals surface area contributed by atoms with Crippen LogP contribution in [0.25, 0.3) is 0 Å². The zero-order valence-electron chi connectivity index (χ0n) is 21.3. The molecule has 35 heavy (non-hydrogen) atoms. The number of benzene rings is 2. The second kappa shape index (κ2) is 13.1. The van der Waals surface area contributed by atoms with Crippen LogP contribution in [0.1, 0.15) is 44.2 Å². The first-order valence-electron chi connectivity index (χ1n) is 12.3. The van der Waals surface area contributed by atoms with E-state index < -0.39 is 6.04 Å². The Bertz CT molecular complexity index is 955. The predicted molar refractivity (Wildman–Crippen MR) is 135 cm³/mol. The van der Waals surface area contributed by atoms with E-state index in [0.717, 1.165) is 49.4 Å². The second-order valence-electron chi connectivity index (χ2n) is 9.52. The third kappa shape index (κ3) is 7.99. The molecule has 0 saturated carbocycles. The van der Waals surface area contributed by atoms with Crippen molar-refractivity contribution in [3.63, 3.8) is 0 Å². The largest absolute Gasteiger partial charge is 0.493 e. The van der Waals surface area contributed by atoms with Crippen molar-refractivity contribution in [3.05, 3.63) is 59.7 Å². The number of amides is 1. The summed E-state index contributed by atoms with van der Waals surface area (Å²) < 4.78 is 16.4. The molecule has 0 aliphatic carbocycles. The first-order valence-corrected chi connectivity index (χ1v) is 12.3. The highest BCUT2D eigenvalue weighted by atomic mass is 16.5. The summed E-state index contributed by atoms with van der Waals surface area (Å²) >= 11 is 0. The van der Waals surface area contributed by atoms with E-state index in [9.17, 15) is 9.59 Å². The second-order valence-corrected chi connectivity index (χ2v) is 9.52. The lowest BCUT2D eigenvalue weighted by atomic mass is 9.94. The Hall–Kier alpha value is -3.06. The van der Waals surface area contributed by atoms with Crippen molar-refractivity contribution >= 4 is 11.9 Å². The van der Waals surface area contributed by atoms with Crippen molar-refractivity contribution in [2.24, 2.45) is 11.8 Å². The Morgan fingerprint density at radius 2 is 1.71 bits per heavy atom. The number of hydrogen-bond acceptors (Lipinski definition) is 6. The van der Waals surface area contributed by atoms with E-state index in [-0.39, 0.29) is 23.7 Å². The molecule has 0 bridgehead atoms. The zero-order valence-corrected chi connectivity index (χ0v) is 21.3. The van der Waals surface area contributed by atoms with Crippen molar-refractivity contribution in [1.29, 1.82) is 0 Å². The maximum absolute atomic E-state index is 12.8. The molecule has 0 spiro atoms. The summed E-state index contributed by atoms with van der Waals surface area (Å²) in [5, 5.41) is 2.92. The summed E-state index contributed by atoms with van der Waals surface area (Å²) in [4.78, 5) is 27.2.